The van der Waals surface area contributed by atoms with Crippen LogP contribution in [-0.4, -0.2) is 23.4 Å². The van der Waals surface area contributed by atoms with E-state index >= 15 is 0 Å². The topological polar surface area (TPSA) is 40.5 Å². The molecule has 1 unspecified atom stereocenters. The van der Waals surface area contributed by atoms with Crippen molar-refractivity contribution < 1.29 is 10.2 Å². The molecule has 2 nitrogen and oxygen atoms in total. The Morgan fingerprint density at radius 1 is 0.941 bits per heavy atom. The SMILES string of the molecule is CCCCCCC(C)(CC)C(CCO)CCO. The van der Waals surface area contributed by atoms with Gasteiger partial charge in [-0.2, -0.15) is 0 Å². The molecule has 0 aromatic carbocycles. The molecule has 0 radical (unpaired) electrons. The molecule has 2 N–H and O–H groups in total. The van der Waals surface area contributed by atoms with Gasteiger partial charge >= 0.3 is 0 Å². The van der Waals surface area contributed by atoms with Crippen LogP contribution in [0.5, 0.6) is 0 Å². The lowest BCUT2D eigenvalue weighted by molar-refractivity contribution is 0.0933. The van der Waals surface area contributed by atoms with Crippen LogP contribution >= 0.6 is 0 Å². The third kappa shape index (κ3) is 6.42. The van der Waals surface area contributed by atoms with Gasteiger partial charge in [-0.05, 0) is 30.6 Å². The van der Waals surface area contributed by atoms with Crippen molar-refractivity contribution in [2.45, 2.75) is 72.1 Å². The molecule has 0 saturated heterocycles. The molecule has 0 saturated carbocycles. The van der Waals surface area contributed by atoms with Crippen molar-refractivity contribution in [3.05, 3.63) is 0 Å². The minimum atomic E-state index is 0.245. The summed E-state index contributed by atoms with van der Waals surface area (Å²) in [5.74, 6) is 0.462. The van der Waals surface area contributed by atoms with Crippen molar-refractivity contribution in [2.24, 2.45) is 11.3 Å². The highest BCUT2D eigenvalue weighted by molar-refractivity contribution is 4.81. The van der Waals surface area contributed by atoms with E-state index in [0.717, 1.165) is 19.3 Å². The summed E-state index contributed by atoms with van der Waals surface area (Å²) in [7, 11) is 0. The predicted octanol–water partition coefficient (Wildman–Crippen LogP) is 3.75. The van der Waals surface area contributed by atoms with E-state index in [1.165, 1.54) is 32.1 Å². The molecule has 0 aromatic rings. The van der Waals surface area contributed by atoms with Crippen LogP contribution in [0.1, 0.15) is 72.1 Å². The Labute approximate surface area is 107 Å². The maximum atomic E-state index is 9.15. The fourth-order valence-corrected chi connectivity index (χ4v) is 2.78. The average Bonchev–Trinajstić information content (AvgIpc) is 2.34. The summed E-state index contributed by atoms with van der Waals surface area (Å²) in [4.78, 5) is 0. The van der Waals surface area contributed by atoms with Gasteiger partial charge in [0, 0.05) is 13.2 Å². The first-order valence-electron chi connectivity index (χ1n) is 7.36. The standard InChI is InChI=1S/C15H32O2/c1-4-6-7-8-11-15(3,5-2)14(9-12-16)10-13-17/h14,16-17H,4-13H2,1-3H3. The monoisotopic (exact) mass is 244 g/mol. The van der Waals surface area contributed by atoms with Crippen molar-refractivity contribution in [1.82, 2.24) is 0 Å². The zero-order chi connectivity index (χ0) is 13.1. The first-order valence-corrected chi connectivity index (χ1v) is 7.36. The highest BCUT2D eigenvalue weighted by Gasteiger charge is 2.30. The second-order valence-electron chi connectivity index (χ2n) is 5.54. The zero-order valence-electron chi connectivity index (χ0n) is 12.0. The summed E-state index contributed by atoms with van der Waals surface area (Å²) in [5, 5.41) is 18.3. The van der Waals surface area contributed by atoms with Gasteiger partial charge < -0.3 is 10.2 Å². The third-order valence-corrected chi connectivity index (χ3v) is 4.35. The summed E-state index contributed by atoms with van der Waals surface area (Å²) in [6.45, 7) is 7.29. The second kappa shape index (κ2) is 9.90. The summed E-state index contributed by atoms with van der Waals surface area (Å²) in [6.07, 6.45) is 9.24. The fourth-order valence-electron chi connectivity index (χ4n) is 2.78. The first-order chi connectivity index (χ1) is 8.14. The Bertz CT molecular complexity index is 164. The molecule has 0 amide bonds. The molecule has 0 heterocycles. The lowest BCUT2D eigenvalue weighted by Crippen LogP contribution is -2.28. The summed E-state index contributed by atoms with van der Waals surface area (Å²) >= 11 is 0. The van der Waals surface area contributed by atoms with E-state index in [1.54, 1.807) is 0 Å². The average molecular weight is 244 g/mol. The van der Waals surface area contributed by atoms with Crippen LogP contribution in [0.15, 0.2) is 0 Å². The normalized spacial score (nSPS) is 15.2. The van der Waals surface area contributed by atoms with Crippen molar-refractivity contribution in [3.63, 3.8) is 0 Å². The molecule has 104 valence electrons. The van der Waals surface area contributed by atoms with Crippen LogP contribution in [0.25, 0.3) is 0 Å². The van der Waals surface area contributed by atoms with Gasteiger partial charge in [-0.15, -0.1) is 0 Å². The van der Waals surface area contributed by atoms with Crippen molar-refractivity contribution in [1.29, 1.82) is 0 Å². The first kappa shape index (κ1) is 16.9. The quantitative estimate of drug-likeness (QED) is 0.543. The van der Waals surface area contributed by atoms with E-state index in [9.17, 15) is 0 Å². The van der Waals surface area contributed by atoms with Crippen LogP contribution in [0, 0.1) is 11.3 Å². The van der Waals surface area contributed by atoms with Crippen LogP contribution in [-0.2, 0) is 0 Å². The van der Waals surface area contributed by atoms with Gasteiger partial charge in [-0.25, -0.2) is 0 Å². The maximum Gasteiger partial charge on any atom is 0.0433 e. The molecule has 0 aliphatic rings. The number of hydrogen-bond acceptors (Lipinski definition) is 2. The third-order valence-electron chi connectivity index (χ3n) is 4.35. The molecule has 1 atom stereocenters. The smallest absolute Gasteiger partial charge is 0.0433 e. The Morgan fingerprint density at radius 2 is 1.53 bits per heavy atom. The molecular formula is C15H32O2. The van der Waals surface area contributed by atoms with E-state index < -0.39 is 0 Å². The van der Waals surface area contributed by atoms with Gasteiger partial charge in [-0.3, -0.25) is 0 Å². The molecule has 0 spiro atoms. The largest absolute Gasteiger partial charge is 0.396 e. The second-order valence-corrected chi connectivity index (χ2v) is 5.54. The summed E-state index contributed by atoms with van der Waals surface area (Å²) in [6, 6.07) is 0. The molecule has 2 heteroatoms. The van der Waals surface area contributed by atoms with E-state index in [-0.39, 0.29) is 13.2 Å². The Hall–Kier alpha value is -0.0800. The Morgan fingerprint density at radius 3 is 1.94 bits per heavy atom. The van der Waals surface area contributed by atoms with E-state index in [0.29, 0.717) is 11.3 Å². The lowest BCUT2D eigenvalue weighted by Gasteiger charge is -2.37. The minimum absolute atomic E-state index is 0.245. The molecule has 0 bridgehead atoms. The summed E-state index contributed by atoms with van der Waals surface area (Å²) < 4.78 is 0. The molecular weight excluding hydrogens is 212 g/mol. The highest BCUT2D eigenvalue weighted by atomic mass is 16.3. The fraction of sp³-hybridized carbons (Fsp3) is 1.00. The zero-order valence-corrected chi connectivity index (χ0v) is 12.0. The van der Waals surface area contributed by atoms with E-state index in [1.807, 2.05) is 0 Å². The predicted molar refractivity (Wildman–Crippen MR) is 74.1 cm³/mol. The van der Waals surface area contributed by atoms with Crippen molar-refractivity contribution >= 4 is 0 Å². The molecule has 0 rings (SSSR count). The van der Waals surface area contributed by atoms with E-state index in [4.69, 9.17) is 10.2 Å². The van der Waals surface area contributed by atoms with E-state index in [2.05, 4.69) is 20.8 Å². The number of aliphatic hydroxyl groups is 2. The molecule has 0 aliphatic heterocycles. The number of aliphatic hydroxyl groups excluding tert-OH is 2. The number of hydrogen-bond donors (Lipinski definition) is 2. The summed E-state index contributed by atoms with van der Waals surface area (Å²) in [5.41, 5.74) is 0.291. The Kier molecular flexibility index (Phi) is 9.85. The Balaban J connectivity index is 4.26. The van der Waals surface area contributed by atoms with Gasteiger partial charge in [0.25, 0.3) is 0 Å². The van der Waals surface area contributed by atoms with Crippen LogP contribution < -0.4 is 0 Å². The van der Waals surface area contributed by atoms with Gasteiger partial charge in [0.1, 0.15) is 0 Å². The molecule has 0 aliphatic carbocycles. The lowest BCUT2D eigenvalue weighted by atomic mass is 9.69. The van der Waals surface area contributed by atoms with Gasteiger partial charge in [0.2, 0.25) is 0 Å². The van der Waals surface area contributed by atoms with Crippen LogP contribution in [0.3, 0.4) is 0 Å². The molecule has 0 aromatic heterocycles. The van der Waals surface area contributed by atoms with Gasteiger partial charge in [0.15, 0.2) is 0 Å². The van der Waals surface area contributed by atoms with Crippen LogP contribution in [0.4, 0.5) is 0 Å². The number of rotatable bonds is 11. The van der Waals surface area contributed by atoms with Crippen LogP contribution in [0.2, 0.25) is 0 Å². The van der Waals surface area contributed by atoms with Crippen molar-refractivity contribution in [3.8, 4) is 0 Å². The van der Waals surface area contributed by atoms with Gasteiger partial charge in [-0.1, -0.05) is 52.9 Å². The minimum Gasteiger partial charge on any atom is -0.396 e. The van der Waals surface area contributed by atoms with Crippen molar-refractivity contribution in [2.75, 3.05) is 13.2 Å². The molecule has 17 heavy (non-hydrogen) atoms. The molecule has 0 fully saturated rings. The van der Waals surface area contributed by atoms with Gasteiger partial charge in [0.05, 0.1) is 0 Å². The number of unbranched alkanes of at least 4 members (excludes halogenated alkanes) is 3. The highest BCUT2D eigenvalue weighted by Crippen LogP contribution is 2.40. The maximum absolute atomic E-state index is 9.15.